The maximum absolute atomic E-state index is 12.3. The zero-order valence-electron chi connectivity index (χ0n) is 14.3. The molecule has 0 radical (unpaired) electrons. The van der Waals surface area contributed by atoms with Gasteiger partial charge in [-0.25, -0.2) is 0 Å². The summed E-state index contributed by atoms with van der Waals surface area (Å²) in [4.78, 5) is 16.5. The van der Waals surface area contributed by atoms with Crippen LogP contribution in [0.4, 0.5) is 11.4 Å². The molecule has 0 atom stereocenters. The van der Waals surface area contributed by atoms with Crippen LogP contribution in [0.3, 0.4) is 0 Å². The molecule has 0 aliphatic rings. The number of pyridine rings is 1. The summed E-state index contributed by atoms with van der Waals surface area (Å²) in [5.41, 5.74) is 3.26. The van der Waals surface area contributed by atoms with E-state index in [1.54, 1.807) is 36.5 Å². The van der Waals surface area contributed by atoms with Crippen molar-refractivity contribution in [1.82, 2.24) is 4.98 Å². The average Bonchev–Trinajstić information content (AvgIpc) is 2.68. The number of amides is 1. The predicted octanol–water partition coefficient (Wildman–Crippen LogP) is 5.03. The quantitative estimate of drug-likeness (QED) is 0.577. The Labute approximate surface area is 158 Å². The molecule has 4 nitrogen and oxygen atoms in total. The molecular weight excluding hydrogens is 346 g/mol. The van der Waals surface area contributed by atoms with Gasteiger partial charge in [0.15, 0.2) is 0 Å². The van der Waals surface area contributed by atoms with Crippen molar-refractivity contribution in [1.29, 1.82) is 0 Å². The smallest absolute Gasteiger partial charge is 0.274 e. The summed E-state index contributed by atoms with van der Waals surface area (Å²) in [5.74, 6) is -0.250. The first-order valence-electron chi connectivity index (χ1n) is 8.51. The van der Waals surface area contributed by atoms with Crippen molar-refractivity contribution in [2.45, 2.75) is 12.8 Å². The summed E-state index contributed by atoms with van der Waals surface area (Å²) in [6.07, 6.45) is 3.66. The number of halogens is 1. The number of nitrogens with zero attached hydrogens (tertiary/aromatic N) is 1. The molecule has 0 saturated carbocycles. The van der Waals surface area contributed by atoms with Crippen LogP contribution in [0, 0.1) is 0 Å². The van der Waals surface area contributed by atoms with Gasteiger partial charge in [0.05, 0.1) is 0 Å². The van der Waals surface area contributed by atoms with Gasteiger partial charge in [0, 0.05) is 29.1 Å². The van der Waals surface area contributed by atoms with E-state index in [0.717, 1.165) is 25.1 Å². The Balaban J connectivity index is 1.52. The number of hydrogen-bond donors (Lipinski definition) is 2. The first kappa shape index (κ1) is 18.0. The minimum absolute atomic E-state index is 0.250. The Bertz CT molecular complexity index is 851. The van der Waals surface area contributed by atoms with E-state index in [-0.39, 0.29) is 5.91 Å². The van der Waals surface area contributed by atoms with E-state index in [0.29, 0.717) is 16.4 Å². The van der Waals surface area contributed by atoms with E-state index in [1.165, 1.54) is 5.56 Å². The molecule has 0 aliphatic heterocycles. The number of anilines is 2. The van der Waals surface area contributed by atoms with Crippen molar-refractivity contribution in [2.24, 2.45) is 0 Å². The largest absolute Gasteiger partial charge is 0.385 e. The number of nitrogens with one attached hydrogen (secondary N) is 2. The van der Waals surface area contributed by atoms with E-state index >= 15 is 0 Å². The molecule has 0 bridgehead atoms. The number of carbonyl (C=O) groups excluding carboxylic acids is 1. The van der Waals surface area contributed by atoms with Gasteiger partial charge in [-0.15, -0.1) is 0 Å². The number of aromatic nitrogens is 1. The highest BCUT2D eigenvalue weighted by Gasteiger charge is 2.08. The second kappa shape index (κ2) is 9.02. The fourth-order valence-electron chi connectivity index (χ4n) is 2.56. The normalized spacial score (nSPS) is 10.3. The van der Waals surface area contributed by atoms with E-state index < -0.39 is 0 Å². The maximum atomic E-state index is 12.3. The number of rotatable bonds is 7. The van der Waals surface area contributed by atoms with Crippen molar-refractivity contribution in [3.8, 4) is 0 Å². The van der Waals surface area contributed by atoms with Crippen LogP contribution in [0.25, 0.3) is 0 Å². The summed E-state index contributed by atoms with van der Waals surface area (Å²) in [6, 6.07) is 21.0. The van der Waals surface area contributed by atoms with Gasteiger partial charge < -0.3 is 10.6 Å². The molecule has 3 aromatic rings. The highest BCUT2D eigenvalue weighted by molar-refractivity contribution is 6.30. The number of benzene rings is 2. The fourth-order valence-corrected chi connectivity index (χ4v) is 2.69. The molecule has 0 saturated heterocycles. The van der Waals surface area contributed by atoms with E-state index in [9.17, 15) is 4.79 Å². The summed E-state index contributed by atoms with van der Waals surface area (Å²) in [5, 5.41) is 6.79. The topological polar surface area (TPSA) is 54.0 Å². The second-order valence-corrected chi connectivity index (χ2v) is 6.34. The molecule has 1 aromatic heterocycles. The molecule has 26 heavy (non-hydrogen) atoms. The lowest BCUT2D eigenvalue weighted by Gasteiger charge is -2.09. The molecule has 1 amide bonds. The van der Waals surface area contributed by atoms with Crippen molar-refractivity contribution < 1.29 is 4.79 Å². The van der Waals surface area contributed by atoms with Crippen LogP contribution in [-0.2, 0) is 6.42 Å². The van der Waals surface area contributed by atoms with Gasteiger partial charge in [-0.1, -0.05) is 41.9 Å². The monoisotopic (exact) mass is 365 g/mol. The Kier molecular flexibility index (Phi) is 6.23. The third-order valence-corrected chi connectivity index (χ3v) is 4.16. The van der Waals surface area contributed by atoms with Crippen LogP contribution >= 0.6 is 11.6 Å². The third-order valence-electron chi connectivity index (χ3n) is 3.91. The lowest BCUT2D eigenvalue weighted by Crippen LogP contribution is -2.14. The van der Waals surface area contributed by atoms with Gasteiger partial charge in [0.2, 0.25) is 0 Å². The van der Waals surface area contributed by atoms with Crippen molar-refractivity contribution in [3.63, 3.8) is 0 Å². The standard InChI is InChI=1S/C21H20ClN3O/c22-17-8-10-18(11-9-17)25-21(26)20-15-19(12-14-24-20)23-13-4-7-16-5-2-1-3-6-16/h1-3,5-6,8-12,14-15H,4,7,13H2,(H,23,24)(H,25,26). The van der Waals surface area contributed by atoms with Crippen LogP contribution in [0.5, 0.6) is 0 Å². The molecule has 0 spiro atoms. The maximum Gasteiger partial charge on any atom is 0.274 e. The predicted molar refractivity (Wildman–Crippen MR) is 107 cm³/mol. The number of hydrogen-bond acceptors (Lipinski definition) is 3. The fraction of sp³-hybridized carbons (Fsp3) is 0.143. The lowest BCUT2D eigenvalue weighted by atomic mass is 10.1. The number of aryl methyl sites for hydroxylation is 1. The second-order valence-electron chi connectivity index (χ2n) is 5.91. The zero-order chi connectivity index (χ0) is 18.2. The van der Waals surface area contributed by atoms with Crippen LogP contribution in [0.1, 0.15) is 22.5 Å². The third kappa shape index (κ3) is 5.33. The van der Waals surface area contributed by atoms with Crippen molar-refractivity contribution in [2.75, 3.05) is 17.2 Å². The van der Waals surface area contributed by atoms with Crippen molar-refractivity contribution >= 4 is 28.9 Å². The average molecular weight is 366 g/mol. The molecule has 2 N–H and O–H groups in total. The Hall–Kier alpha value is -2.85. The highest BCUT2D eigenvalue weighted by Crippen LogP contribution is 2.15. The SMILES string of the molecule is O=C(Nc1ccc(Cl)cc1)c1cc(NCCCc2ccccc2)ccn1. The van der Waals surface area contributed by atoms with Crippen LogP contribution in [-0.4, -0.2) is 17.4 Å². The van der Waals surface area contributed by atoms with E-state index in [4.69, 9.17) is 11.6 Å². The van der Waals surface area contributed by atoms with Gasteiger partial charge in [-0.05, 0) is 54.8 Å². The van der Waals surface area contributed by atoms with Crippen LogP contribution in [0.2, 0.25) is 5.02 Å². The minimum Gasteiger partial charge on any atom is -0.385 e. The minimum atomic E-state index is -0.250. The first-order valence-corrected chi connectivity index (χ1v) is 8.89. The van der Waals surface area contributed by atoms with E-state index in [1.807, 2.05) is 12.1 Å². The Morgan fingerprint density at radius 3 is 2.50 bits per heavy atom. The van der Waals surface area contributed by atoms with Gasteiger partial charge in [0.25, 0.3) is 5.91 Å². The molecule has 3 rings (SSSR count). The Morgan fingerprint density at radius 1 is 0.962 bits per heavy atom. The van der Waals surface area contributed by atoms with Crippen molar-refractivity contribution in [3.05, 3.63) is 89.2 Å². The number of carbonyl (C=O) groups is 1. The molecular formula is C21H20ClN3O. The zero-order valence-corrected chi connectivity index (χ0v) is 15.0. The molecule has 0 unspecified atom stereocenters. The molecule has 1 heterocycles. The first-order chi connectivity index (χ1) is 12.7. The van der Waals surface area contributed by atoms with Crippen LogP contribution in [0.15, 0.2) is 72.9 Å². The Morgan fingerprint density at radius 2 is 1.73 bits per heavy atom. The molecule has 5 heteroatoms. The summed E-state index contributed by atoms with van der Waals surface area (Å²) < 4.78 is 0. The molecule has 132 valence electrons. The summed E-state index contributed by atoms with van der Waals surface area (Å²) in [6.45, 7) is 0.831. The van der Waals surface area contributed by atoms with E-state index in [2.05, 4.69) is 39.9 Å². The van der Waals surface area contributed by atoms with Gasteiger partial charge >= 0.3 is 0 Å². The van der Waals surface area contributed by atoms with Gasteiger partial charge in [-0.3, -0.25) is 9.78 Å². The summed E-state index contributed by atoms with van der Waals surface area (Å²) >= 11 is 5.85. The molecule has 0 fully saturated rings. The molecule has 2 aromatic carbocycles. The van der Waals surface area contributed by atoms with Crippen LogP contribution < -0.4 is 10.6 Å². The molecule has 0 aliphatic carbocycles. The van der Waals surface area contributed by atoms with Gasteiger partial charge in [0.1, 0.15) is 5.69 Å². The van der Waals surface area contributed by atoms with Gasteiger partial charge in [-0.2, -0.15) is 0 Å². The highest BCUT2D eigenvalue weighted by atomic mass is 35.5. The summed E-state index contributed by atoms with van der Waals surface area (Å²) in [7, 11) is 0. The lowest BCUT2D eigenvalue weighted by molar-refractivity contribution is 0.102.